The molecular formula is C13H18O. The lowest BCUT2D eigenvalue weighted by Gasteiger charge is -2.04. The molecule has 0 radical (unpaired) electrons. The first kappa shape index (κ1) is 11.0. The van der Waals surface area contributed by atoms with E-state index in [-0.39, 0.29) is 6.10 Å². The largest absolute Gasteiger partial charge is 0.389 e. The van der Waals surface area contributed by atoms with Crippen molar-refractivity contribution in [1.82, 2.24) is 0 Å². The van der Waals surface area contributed by atoms with Crippen LogP contribution in [0.15, 0.2) is 42.5 Å². The summed E-state index contributed by atoms with van der Waals surface area (Å²) < 4.78 is 0. The van der Waals surface area contributed by atoms with E-state index in [9.17, 15) is 5.11 Å². The second-order valence-corrected chi connectivity index (χ2v) is 3.47. The van der Waals surface area contributed by atoms with Crippen LogP contribution in [0, 0.1) is 0 Å². The third kappa shape index (κ3) is 4.24. The normalized spacial score (nSPS) is 13.3. The standard InChI is InChI=1S/C13H18O/c1-2-7-13(14)11-6-10-12-8-4-3-5-9-12/h2-5,7-9,13-14H,6,10-11H2,1H3/b7-2-/t13-/m0/s1. The van der Waals surface area contributed by atoms with E-state index in [4.69, 9.17) is 0 Å². The second kappa shape index (κ2) is 6.39. The Hall–Kier alpha value is -1.08. The van der Waals surface area contributed by atoms with Gasteiger partial charge < -0.3 is 5.11 Å². The SMILES string of the molecule is C/C=C\[C@H](O)CCCc1ccccc1. The molecule has 0 amide bonds. The Morgan fingerprint density at radius 2 is 2.00 bits per heavy atom. The lowest BCUT2D eigenvalue weighted by atomic mass is 10.1. The van der Waals surface area contributed by atoms with Gasteiger partial charge in [-0.1, -0.05) is 42.5 Å². The zero-order chi connectivity index (χ0) is 10.2. The molecule has 0 aliphatic heterocycles. The molecule has 1 nitrogen and oxygen atoms in total. The van der Waals surface area contributed by atoms with E-state index >= 15 is 0 Å². The molecule has 1 atom stereocenters. The molecule has 76 valence electrons. The molecule has 0 heterocycles. The van der Waals surface area contributed by atoms with Crippen LogP contribution in [0.4, 0.5) is 0 Å². The van der Waals surface area contributed by atoms with Crippen molar-refractivity contribution in [3.63, 3.8) is 0 Å². The number of aliphatic hydroxyl groups excluding tert-OH is 1. The van der Waals surface area contributed by atoms with Crippen molar-refractivity contribution in [1.29, 1.82) is 0 Å². The first-order chi connectivity index (χ1) is 6.83. The van der Waals surface area contributed by atoms with Crippen molar-refractivity contribution in [3.05, 3.63) is 48.0 Å². The monoisotopic (exact) mass is 190 g/mol. The predicted molar refractivity (Wildman–Crippen MR) is 60.2 cm³/mol. The summed E-state index contributed by atoms with van der Waals surface area (Å²) in [6, 6.07) is 10.4. The number of allylic oxidation sites excluding steroid dienone is 1. The minimum atomic E-state index is -0.274. The molecule has 0 bridgehead atoms. The zero-order valence-electron chi connectivity index (χ0n) is 8.69. The van der Waals surface area contributed by atoms with E-state index < -0.39 is 0 Å². The van der Waals surface area contributed by atoms with Crippen LogP contribution in [-0.2, 0) is 6.42 Å². The Bertz CT molecular complexity index is 264. The highest BCUT2D eigenvalue weighted by Crippen LogP contribution is 2.06. The van der Waals surface area contributed by atoms with E-state index in [2.05, 4.69) is 24.3 Å². The Balaban J connectivity index is 2.22. The van der Waals surface area contributed by atoms with Crippen molar-refractivity contribution in [2.24, 2.45) is 0 Å². The zero-order valence-corrected chi connectivity index (χ0v) is 8.69. The molecule has 0 aliphatic carbocycles. The van der Waals surface area contributed by atoms with Crippen LogP contribution in [0.1, 0.15) is 25.3 Å². The second-order valence-electron chi connectivity index (χ2n) is 3.47. The summed E-state index contributed by atoms with van der Waals surface area (Å²) in [6.45, 7) is 1.93. The third-order valence-electron chi connectivity index (χ3n) is 2.22. The number of hydrogen-bond acceptors (Lipinski definition) is 1. The van der Waals surface area contributed by atoms with Gasteiger partial charge in [0, 0.05) is 0 Å². The number of aryl methyl sites for hydroxylation is 1. The average Bonchev–Trinajstić information content (AvgIpc) is 2.20. The molecule has 14 heavy (non-hydrogen) atoms. The van der Waals surface area contributed by atoms with E-state index in [0.717, 1.165) is 19.3 Å². The maximum Gasteiger partial charge on any atom is 0.0720 e. The molecular weight excluding hydrogens is 172 g/mol. The number of aliphatic hydroxyl groups is 1. The molecule has 0 saturated carbocycles. The first-order valence-corrected chi connectivity index (χ1v) is 5.17. The average molecular weight is 190 g/mol. The third-order valence-corrected chi connectivity index (χ3v) is 2.22. The minimum absolute atomic E-state index is 0.274. The topological polar surface area (TPSA) is 20.2 Å². The van der Waals surface area contributed by atoms with E-state index in [1.165, 1.54) is 5.56 Å². The summed E-state index contributed by atoms with van der Waals surface area (Å²) in [5, 5.41) is 9.44. The Kier molecular flexibility index (Phi) is 5.02. The molecule has 0 saturated heterocycles. The molecule has 0 aliphatic rings. The van der Waals surface area contributed by atoms with Gasteiger partial charge in [0.25, 0.3) is 0 Å². The summed E-state index contributed by atoms with van der Waals surface area (Å²) in [4.78, 5) is 0. The Morgan fingerprint density at radius 3 is 2.64 bits per heavy atom. The van der Waals surface area contributed by atoms with Crippen LogP contribution in [0.3, 0.4) is 0 Å². The van der Waals surface area contributed by atoms with E-state index in [1.807, 2.05) is 25.1 Å². The highest BCUT2D eigenvalue weighted by atomic mass is 16.3. The molecule has 0 unspecified atom stereocenters. The fourth-order valence-electron chi connectivity index (χ4n) is 1.48. The molecule has 0 spiro atoms. The molecule has 0 aromatic heterocycles. The van der Waals surface area contributed by atoms with Crippen molar-refractivity contribution < 1.29 is 5.11 Å². The highest BCUT2D eigenvalue weighted by molar-refractivity contribution is 5.14. The predicted octanol–water partition coefficient (Wildman–Crippen LogP) is 2.95. The Morgan fingerprint density at radius 1 is 1.29 bits per heavy atom. The number of benzene rings is 1. The van der Waals surface area contributed by atoms with Crippen LogP contribution >= 0.6 is 0 Å². The molecule has 1 aromatic carbocycles. The maximum atomic E-state index is 9.44. The number of rotatable bonds is 5. The highest BCUT2D eigenvalue weighted by Gasteiger charge is 1.98. The van der Waals surface area contributed by atoms with E-state index in [1.54, 1.807) is 0 Å². The van der Waals surface area contributed by atoms with Gasteiger partial charge >= 0.3 is 0 Å². The smallest absolute Gasteiger partial charge is 0.0720 e. The quantitative estimate of drug-likeness (QED) is 0.708. The van der Waals surface area contributed by atoms with Gasteiger partial charge in [-0.15, -0.1) is 0 Å². The summed E-state index contributed by atoms with van der Waals surface area (Å²) in [5.74, 6) is 0. The molecule has 1 N–H and O–H groups in total. The fourth-order valence-corrected chi connectivity index (χ4v) is 1.48. The van der Waals surface area contributed by atoms with Gasteiger partial charge in [0.05, 0.1) is 6.10 Å². The molecule has 0 fully saturated rings. The first-order valence-electron chi connectivity index (χ1n) is 5.17. The number of hydrogen-bond donors (Lipinski definition) is 1. The summed E-state index contributed by atoms with van der Waals surface area (Å²) in [6.07, 6.45) is 6.39. The van der Waals surface area contributed by atoms with Crippen molar-refractivity contribution in [2.45, 2.75) is 32.3 Å². The van der Waals surface area contributed by atoms with Gasteiger partial charge in [-0.25, -0.2) is 0 Å². The van der Waals surface area contributed by atoms with Crippen LogP contribution in [0.2, 0.25) is 0 Å². The maximum absolute atomic E-state index is 9.44. The van der Waals surface area contributed by atoms with Crippen molar-refractivity contribution >= 4 is 0 Å². The summed E-state index contributed by atoms with van der Waals surface area (Å²) >= 11 is 0. The van der Waals surface area contributed by atoms with Crippen LogP contribution in [-0.4, -0.2) is 11.2 Å². The van der Waals surface area contributed by atoms with Gasteiger partial charge in [0.1, 0.15) is 0 Å². The van der Waals surface area contributed by atoms with E-state index in [0.29, 0.717) is 0 Å². The van der Waals surface area contributed by atoms with Gasteiger partial charge in [-0.3, -0.25) is 0 Å². The Labute approximate surface area is 86.1 Å². The molecule has 1 rings (SSSR count). The van der Waals surface area contributed by atoms with Crippen molar-refractivity contribution in [2.75, 3.05) is 0 Å². The molecule has 1 heteroatoms. The lowest BCUT2D eigenvalue weighted by molar-refractivity contribution is 0.209. The van der Waals surface area contributed by atoms with Crippen molar-refractivity contribution in [3.8, 4) is 0 Å². The summed E-state index contributed by atoms with van der Waals surface area (Å²) in [5.41, 5.74) is 1.35. The van der Waals surface area contributed by atoms with Gasteiger partial charge in [-0.2, -0.15) is 0 Å². The molecule has 1 aromatic rings. The van der Waals surface area contributed by atoms with Gasteiger partial charge in [0.15, 0.2) is 0 Å². The lowest BCUT2D eigenvalue weighted by Crippen LogP contribution is -2.02. The summed E-state index contributed by atoms with van der Waals surface area (Å²) in [7, 11) is 0. The fraction of sp³-hybridized carbons (Fsp3) is 0.385. The van der Waals surface area contributed by atoms with Crippen LogP contribution in [0.25, 0.3) is 0 Å². The van der Waals surface area contributed by atoms with Crippen LogP contribution < -0.4 is 0 Å². The minimum Gasteiger partial charge on any atom is -0.389 e. The van der Waals surface area contributed by atoms with Crippen LogP contribution in [0.5, 0.6) is 0 Å². The van der Waals surface area contributed by atoms with Gasteiger partial charge in [0.2, 0.25) is 0 Å². The van der Waals surface area contributed by atoms with Gasteiger partial charge in [-0.05, 0) is 31.7 Å².